The quantitative estimate of drug-likeness (QED) is 0.210. The number of hydrazone groups is 1. The van der Waals surface area contributed by atoms with E-state index in [4.69, 9.17) is 25.8 Å². The lowest BCUT2D eigenvalue weighted by Crippen LogP contribution is -2.24. The molecule has 0 unspecified atom stereocenters. The van der Waals surface area contributed by atoms with Crippen LogP contribution in [-0.2, 0) is 11.4 Å². The monoisotopic (exact) mass is 500 g/mol. The van der Waals surface area contributed by atoms with Crippen LogP contribution in [0.2, 0.25) is 5.02 Å². The zero-order valence-corrected chi connectivity index (χ0v) is 20.4. The van der Waals surface area contributed by atoms with Gasteiger partial charge in [0.15, 0.2) is 18.1 Å². The van der Waals surface area contributed by atoms with Gasteiger partial charge in [-0.3, -0.25) is 4.79 Å². The van der Waals surface area contributed by atoms with Gasteiger partial charge < -0.3 is 14.2 Å². The fourth-order valence-corrected chi connectivity index (χ4v) is 3.65. The predicted molar refractivity (Wildman–Crippen MR) is 142 cm³/mol. The Kier molecular flexibility index (Phi) is 8.57. The molecule has 1 amide bonds. The molecule has 0 heterocycles. The average molecular weight is 501 g/mol. The normalized spacial score (nSPS) is 10.7. The Morgan fingerprint density at radius 2 is 1.61 bits per heavy atom. The SMILES string of the molecule is COc1cc(/C=N/NC(=O)COc2ccccc2-c2ccccc2)ccc1OCc1ccccc1Cl. The summed E-state index contributed by atoms with van der Waals surface area (Å²) >= 11 is 6.19. The third kappa shape index (κ3) is 6.64. The summed E-state index contributed by atoms with van der Waals surface area (Å²) in [5.74, 6) is 1.36. The molecule has 0 bridgehead atoms. The number of amides is 1. The zero-order valence-electron chi connectivity index (χ0n) is 19.7. The van der Waals surface area contributed by atoms with Crippen LogP contribution in [0.4, 0.5) is 0 Å². The third-order valence-corrected chi connectivity index (χ3v) is 5.63. The highest BCUT2D eigenvalue weighted by atomic mass is 35.5. The number of halogens is 1. The fourth-order valence-electron chi connectivity index (χ4n) is 3.46. The smallest absolute Gasteiger partial charge is 0.277 e. The number of nitrogens with zero attached hydrogens (tertiary/aromatic N) is 1. The molecule has 182 valence electrons. The summed E-state index contributed by atoms with van der Waals surface area (Å²) in [5, 5.41) is 4.67. The van der Waals surface area contributed by atoms with Crippen molar-refractivity contribution in [3.63, 3.8) is 0 Å². The molecule has 0 saturated heterocycles. The van der Waals surface area contributed by atoms with Crippen molar-refractivity contribution in [3.8, 4) is 28.4 Å². The highest BCUT2D eigenvalue weighted by molar-refractivity contribution is 6.31. The van der Waals surface area contributed by atoms with Gasteiger partial charge in [0.2, 0.25) is 0 Å². The number of para-hydroxylation sites is 1. The molecule has 0 spiro atoms. The van der Waals surface area contributed by atoms with Crippen LogP contribution < -0.4 is 19.6 Å². The van der Waals surface area contributed by atoms with E-state index >= 15 is 0 Å². The minimum atomic E-state index is -0.374. The number of hydrogen-bond acceptors (Lipinski definition) is 5. The van der Waals surface area contributed by atoms with Crippen LogP contribution in [0.5, 0.6) is 17.2 Å². The maximum Gasteiger partial charge on any atom is 0.277 e. The maximum atomic E-state index is 12.3. The molecule has 0 atom stereocenters. The molecule has 1 N–H and O–H groups in total. The summed E-state index contributed by atoms with van der Waals surface area (Å²) in [6.07, 6.45) is 1.52. The Bertz CT molecular complexity index is 1340. The molecule has 0 radical (unpaired) electrons. The Morgan fingerprint density at radius 1 is 0.861 bits per heavy atom. The van der Waals surface area contributed by atoms with E-state index in [2.05, 4.69) is 10.5 Å². The van der Waals surface area contributed by atoms with Gasteiger partial charge in [0.25, 0.3) is 5.91 Å². The van der Waals surface area contributed by atoms with Gasteiger partial charge in [-0.1, -0.05) is 78.3 Å². The standard InChI is InChI=1S/C29H25ClN2O4/c1-34-28-17-21(15-16-27(28)35-19-23-11-5-7-13-25(23)30)18-31-32-29(33)20-36-26-14-8-6-12-24(26)22-9-3-2-4-10-22/h2-18H,19-20H2,1H3,(H,32,33)/b31-18+. The summed E-state index contributed by atoms with van der Waals surface area (Å²) in [5.41, 5.74) is 6.02. The van der Waals surface area contributed by atoms with E-state index in [1.54, 1.807) is 19.2 Å². The topological polar surface area (TPSA) is 69.2 Å². The van der Waals surface area contributed by atoms with E-state index in [1.807, 2.05) is 84.9 Å². The minimum absolute atomic E-state index is 0.167. The molecule has 0 aliphatic heterocycles. The number of carbonyl (C=O) groups is 1. The number of methoxy groups -OCH3 is 1. The molecule has 0 saturated carbocycles. The number of nitrogens with one attached hydrogen (secondary N) is 1. The summed E-state index contributed by atoms with van der Waals surface area (Å²) < 4.78 is 17.1. The van der Waals surface area contributed by atoms with Gasteiger partial charge in [-0.2, -0.15) is 5.10 Å². The molecule has 0 fully saturated rings. The molecule has 4 aromatic carbocycles. The molecule has 7 heteroatoms. The summed E-state index contributed by atoms with van der Waals surface area (Å²) in [6.45, 7) is 0.145. The highest BCUT2D eigenvalue weighted by Crippen LogP contribution is 2.30. The van der Waals surface area contributed by atoms with Crippen LogP contribution in [0.25, 0.3) is 11.1 Å². The van der Waals surface area contributed by atoms with E-state index in [-0.39, 0.29) is 12.5 Å². The Morgan fingerprint density at radius 3 is 2.42 bits per heavy atom. The zero-order chi connectivity index (χ0) is 25.2. The number of carbonyl (C=O) groups excluding carboxylic acids is 1. The van der Waals surface area contributed by atoms with Crippen molar-refractivity contribution < 1.29 is 19.0 Å². The molecular formula is C29H25ClN2O4. The van der Waals surface area contributed by atoms with Crippen LogP contribution in [0.3, 0.4) is 0 Å². The largest absolute Gasteiger partial charge is 0.493 e. The maximum absolute atomic E-state index is 12.3. The van der Waals surface area contributed by atoms with E-state index in [9.17, 15) is 4.79 Å². The Balaban J connectivity index is 1.32. The van der Waals surface area contributed by atoms with Gasteiger partial charge >= 0.3 is 0 Å². The average Bonchev–Trinajstić information content (AvgIpc) is 2.92. The Hall–Kier alpha value is -4.29. The molecule has 4 aromatic rings. The van der Waals surface area contributed by atoms with Crippen LogP contribution in [0.1, 0.15) is 11.1 Å². The minimum Gasteiger partial charge on any atom is -0.493 e. The van der Waals surface area contributed by atoms with Gasteiger partial charge in [-0.25, -0.2) is 5.43 Å². The van der Waals surface area contributed by atoms with E-state index in [0.717, 1.165) is 22.3 Å². The first-order valence-electron chi connectivity index (χ1n) is 11.3. The molecule has 4 rings (SSSR count). The van der Waals surface area contributed by atoms with Crippen LogP contribution in [0, 0.1) is 0 Å². The summed E-state index contributed by atoms with van der Waals surface area (Å²) in [7, 11) is 1.56. The van der Waals surface area contributed by atoms with Crippen LogP contribution in [0.15, 0.2) is 102 Å². The second-order valence-corrected chi connectivity index (χ2v) is 8.14. The molecular weight excluding hydrogens is 476 g/mol. The second kappa shape index (κ2) is 12.4. The molecule has 0 aromatic heterocycles. The third-order valence-electron chi connectivity index (χ3n) is 5.26. The van der Waals surface area contributed by atoms with Gasteiger partial charge in [-0.15, -0.1) is 0 Å². The van der Waals surface area contributed by atoms with E-state index in [0.29, 0.717) is 28.9 Å². The Labute approximate surface area is 215 Å². The molecule has 0 aliphatic carbocycles. The van der Waals surface area contributed by atoms with Crippen molar-refractivity contribution in [2.75, 3.05) is 13.7 Å². The lowest BCUT2D eigenvalue weighted by Gasteiger charge is -2.12. The fraction of sp³-hybridized carbons (Fsp3) is 0.103. The van der Waals surface area contributed by atoms with Gasteiger partial charge in [0.1, 0.15) is 12.4 Å². The first kappa shape index (κ1) is 24.8. The van der Waals surface area contributed by atoms with Crippen molar-refractivity contribution >= 4 is 23.7 Å². The van der Waals surface area contributed by atoms with Gasteiger partial charge in [-0.05, 0) is 41.5 Å². The number of ether oxygens (including phenoxy) is 3. The van der Waals surface area contributed by atoms with Crippen LogP contribution in [-0.4, -0.2) is 25.8 Å². The second-order valence-electron chi connectivity index (χ2n) is 7.73. The molecule has 36 heavy (non-hydrogen) atoms. The van der Waals surface area contributed by atoms with E-state index in [1.165, 1.54) is 6.21 Å². The van der Waals surface area contributed by atoms with Gasteiger partial charge in [0.05, 0.1) is 13.3 Å². The lowest BCUT2D eigenvalue weighted by atomic mass is 10.1. The van der Waals surface area contributed by atoms with E-state index < -0.39 is 0 Å². The summed E-state index contributed by atoms with van der Waals surface area (Å²) in [6, 6.07) is 30.3. The lowest BCUT2D eigenvalue weighted by molar-refractivity contribution is -0.123. The number of hydrogen-bond donors (Lipinski definition) is 1. The first-order chi connectivity index (χ1) is 17.6. The summed E-state index contributed by atoms with van der Waals surface area (Å²) in [4.78, 5) is 12.3. The number of benzene rings is 4. The van der Waals surface area contributed by atoms with Crippen molar-refractivity contribution in [3.05, 3.63) is 113 Å². The first-order valence-corrected chi connectivity index (χ1v) is 11.7. The number of rotatable bonds is 10. The van der Waals surface area contributed by atoms with Crippen molar-refractivity contribution in [1.82, 2.24) is 5.43 Å². The van der Waals surface area contributed by atoms with Crippen LogP contribution >= 0.6 is 11.6 Å². The van der Waals surface area contributed by atoms with Crippen molar-refractivity contribution in [2.45, 2.75) is 6.61 Å². The highest BCUT2D eigenvalue weighted by Gasteiger charge is 2.09. The van der Waals surface area contributed by atoms with Crippen molar-refractivity contribution in [2.24, 2.45) is 5.10 Å². The predicted octanol–water partition coefficient (Wildman–Crippen LogP) is 6.12. The molecule has 0 aliphatic rings. The molecule has 6 nitrogen and oxygen atoms in total. The van der Waals surface area contributed by atoms with Gasteiger partial charge in [0, 0.05) is 16.1 Å². The van der Waals surface area contributed by atoms with Crippen molar-refractivity contribution in [1.29, 1.82) is 0 Å².